The Morgan fingerprint density at radius 2 is 1.80 bits per heavy atom. The van der Waals surface area contributed by atoms with E-state index in [1.807, 2.05) is 36.4 Å². The fourth-order valence-corrected chi connectivity index (χ4v) is 1.42. The van der Waals surface area contributed by atoms with Crippen molar-refractivity contribution >= 4 is 18.0 Å². The maximum absolute atomic E-state index is 10.7. The van der Waals surface area contributed by atoms with E-state index in [4.69, 9.17) is 4.74 Å². The number of esters is 1. The summed E-state index contributed by atoms with van der Waals surface area (Å²) in [6.07, 6.45) is 5.90. The number of unbranched alkanes of at least 4 members (excludes halogenated alkanes) is 1. The van der Waals surface area contributed by atoms with Gasteiger partial charge < -0.3 is 14.6 Å². The summed E-state index contributed by atoms with van der Waals surface area (Å²) in [5.41, 5.74) is 1.60. The Morgan fingerprint density at radius 3 is 2.28 bits per heavy atom. The number of hydrogen-bond acceptors (Lipinski definition) is 4. The summed E-state index contributed by atoms with van der Waals surface area (Å²) in [4.78, 5) is 21.0. The summed E-state index contributed by atoms with van der Waals surface area (Å²) in [7, 11) is 0. The van der Waals surface area contributed by atoms with Gasteiger partial charge in [-0.25, -0.2) is 4.79 Å². The first-order valence-corrected chi connectivity index (χ1v) is 7.81. The molecule has 0 radical (unpaired) electrons. The zero-order chi connectivity index (χ0) is 18.4. The smallest absolute Gasteiger partial charge is 0.545 e. The second kappa shape index (κ2) is 15.9. The minimum absolute atomic E-state index is 0. The second-order valence-corrected chi connectivity index (χ2v) is 5.18. The quantitative estimate of drug-likeness (QED) is 0.292. The van der Waals surface area contributed by atoms with E-state index in [1.54, 1.807) is 13.0 Å². The van der Waals surface area contributed by atoms with E-state index in [-0.39, 0.29) is 41.1 Å². The number of carbonyl (C=O) groups is 2. The Kier molecular flexibility index (Phi) is 16.3. The number of carboxylic acid groups (broad SMARTS) is 1. The molecule has 1 rings (SSSR count). The maximum Gasteiger partial charge on any atom is 1.00 e. The van der Waals surface area contributed by atoms with Crippen LogP contribution in [0.4, 0.5) is 0 Å². The van der Waals surface area contributed by atoms with E-state index in [9.17, 15) is 14.7 Å². The van der Waals surface area contributed by atoms with Crippen molar-refractivity contribution < 1.29 is 49.0 Å². The molecule has 0 fully saturated rings. The van der Waals surface area contributed by atoms with E-state index in [0.717, 1.165) is 18.4 Å². The van der Waals surface area contributed by atoms with Crippen LogP contribution < -0.4 is 34.7 Å². The molecule has 1 aromatic rings. The third-order valence-electron chi connectivity index (χ3n) is 2.84. The number of allylic oxidation sites excluding steroid dienone is 1. The molecule has 4 nitrogen and oxygen atoms in total. The molecule has 0 spiro atoms. The molecule has 25 heavy (non-hydrogen) atoms. The molecule has 0 bridgehead atoms. The molecule has 0 aliphatic rings. The van der Waals surface area contributed by atoms with Crippen molar-refractivity contribution in [2.45, 2.75) is 33.1 Å². The van der Waals surface area contributed by atoms with Crippen LogP contribution in [-0.2, 0) is 14.3 Å². The molecule has 0 aliphatic heterocycles. The van der Waals surface area contributed by atoms with Crippen molar-refractivity contribution in [2.75, 3.05) is 6.61 Å². The topological polar surface area (TPSA) is 66.4 Å². The molecule has 0 amide bonds. The number of carbonyl (C=O) groups excluding carboxylic acids is 2. The van der Waals surface area contributed by atoms with Crippen LogP contribution in [0.5, 0.6) is 0 Å². The number of aliphatic carboxylic acids is 1. The van der Waals surface area contributed by atoms with Crippen molar-refractivity contribution in [3.8, 4) is 0 Å². The van der Waals surface area contributed by atoms with Gasteiger partial charge in [-0.3, -0.25) is 0 Å². The third-order valence-corrected chi connectivity index (χ3v) is 2.84. The monoisotopic (exact) mass is 352 g/mol. The average molecular weight is 352 g/mol. The molecule has 130 valence electrons. The summed E-state index contributed by atoms with van der Waals surface area (Å²) in [6, 6.07) is 9.66. The van der Waals surface area contributed by atoms with Gasteiger partial charge in [0.05, 0.1) is 12.6 Å². The summed E-state index contributed by atoms with van der Waals surface area (Å²) in [6.45, 7) is 11.0. The van der Waals surface area contributed by atoms with Gasteiger partial charge in [-0.2, -0.15) is 0 Å². The Labute approximate surface area is 172 Å². The van der Waals surface area contributed by atoms with Gasteiger partial charge in [-0.1, -0.05) is 69.0 Å². The molecule has 0 atom stereocenters. The summed E-state index contributed by atoms with van der Waals surface area (Å²) >= 11 is 0. The molecular weight excluding hydrogens is 327 g/mol. The molecule has 0 aromatic heterocycles. The molecule has 0 N–H and O–H groups in total. The van der Waals surface area contributed by atoms with Gasteiger partial charge in [0.25, 0.3) is 0 Å². The zero-order valence-corrected chi connectivity index (χ0v) is 17.4. The molecule has 0 aliphatic carbocycles. The first kappa shape index (κ1) is 25.6. The van der Waals surface area contributed by atoms with Gasteiger partial charge >= 0.3 is 35.5 Å². The van der Waals surface area contributed by atoms with E-state index in [0.29, 0.717) is 18.6 Å². The molecular formula is C20H25NaO4. The normalized spacial score (nSPS) is 9.36. The number of hydrogen-bond donors (Lipinski definition) is 0. The largest absolute Gasteiger partial charge is 1.00 e. The molecule has 1 aromatic carbocycles. The minimum Gasteiger partial charge on any atom is -0.545 e. The molecule has 0 heterocycles. The predicted octanol–water partition coefficient (Wildman–Crippen LogP) is 0.306. The van der Waals surface area contributed by atoms with E-state index in [1.165, 1.54) is 0 Å². The Morgan fingerprint density at radius 1 is 1.20 bits per heavy atom. The number of rotatable bonds is 8. The van der Waals surface area contributed by atoms with Crippen LogP contribution in [0, 0.1) is 0 Å². The first-order valence-electron chi connectivity index (χ1n) is 7.81. The van der Waals surface area contributed by atoms with Crippen LogP contribution in [-0.4, -0.2) is 18.5 Å². The van der Waals surface area contributed by atoms with Gasteiger partial charge in [-0.05, 0) is 30.9 Å². The number of carboxylic acids is 1. The predicted molar refractivity (Wildman–Crippen MR) is 94.9 cm³/mol. The van der Waals surface area contributed by atoms with Crippen LogP contribution in [0.3, 0.4) is 0 Å². The fraction of sp³-hybridized carbons (Fsp3) is 0.300. The van der Waals surface area contributed by atoms with Crippen LogP contribution in [0.1, 0.15) is 38.7 Å². The van der Waals surface area contributed by atoms with Crippen LogP contribution in [0.2, 0.25) is 0 Å². The summed E-state index contributed by atoms with van der Waals surface area (Å²) in [5.74, 6) is -1.48. The SMILES string of the molecule is C=C(C)C(=O)OCCCC.C=C(CC=Cc1ccccc1)C(=O)[O-].[Na+]. The fourth-order valence-electron chi connectivity index (χ4n) is 1.42. The summed E-state index contributed by atoms with van der Waals surface area (Å²) in [5, 5.41) is 10.3. The standard InChI is InChI=1S/C12H12O2.C8H14O2.Na/c1-10(12(13)14)6-5-9-11-7-3-2-4-8-11;1-4-5-6-10-8(9)7(2)3;/h2-5,7-9H,1,6H2,(H,13,14);2,4-6H2,1,3H3;/q;;+1/p-1. The third kappa shape index (κ3) is 14.4. The Bertz CT molecular complexity index is 577. The van der Waals surface area contributed by atoms with Crippen molar-refractivity contribution in [1.29, 1.82) is 0 Å². The van der Waals surface area contributed by atoms with Crippen molar-refractivity contribution in [3.63, 3.8) is 0 Å². The van der Waals surface area contributed by atoms with Gasteiger partial charge in [0.2, 0.25) is 0 Å². The van der Waals surface area contributed by atoms with Crippen LogP contribution >= 0.6 is 0 Å². The van der Waals surface area contributed by atoms with Gasteiger partial charge in [-0.15, -0.1) is 0 Å². The van der Waals surface area contributed by atoms with Crippen molar-refractivity contribution in [3.05, 3.63) is 66.3 Å². The second-order valence-electron chi connectivity index (χ2n) is 5.18. The average Bonchev–Trinajstić information content (AvgIpc) is 2.56. The van der Waals surface area contributed by atoms with Crippen molar-refractivity contribution in [1.82, 2.24) is 0 Å². The Balaban J connectivity index is 0. The minimum atomic E-state index is -1.19. The van der Waals surface area contributed by atoms with Crippen molar-refractivity contribution in [2.24, 2.45) is 0 Å². The van der Waals surface area contributed by atoms with E-state index in [2.05, 4.69) is 20.1 Å². The molecule has 0 saturated carbocycles. The summed E-state index contributed by atoms with van der Waals surface area (Å²) < 4.78 is 4.81. The maximum atomic E-state index is 10.7. The van der Waals surface area contributed by atoms with E-state index >= 15 is 0 Å². The molecule has 0 saturated heterocycles. The number of benzene rings is 1. The first-order chi connectivity index (χ1) is 11.4. The van der Waals surface area contributed by atoms with Crippen LogP contribution in [0.15, 0.2) is 60.7 Å². The van der Waals surface area contributed by atoms with Gasteiger partial charge in [0.15, 0.2) is 0 Å². The van der Waals surface area contributed by atoms with E-state index < -0.39 is 5.97 Å². The zero-order valence-electron chi connectivity index (χ0n) is 15.4. The van der Waals surface area contributed by atoms with Gasteiger partial charge in [0.1, 0.15) is 0 Å². The Hall–Kier alpha value is -1.62. The molecule has 5 heteroatoms. The van der Waals surface area contributed by atoms with Crippen LogP contribution in [0.25, 0.3) is 6.08 Å². The molecule has 0 unspecified atom stereocenters. The number of ether oxygens (including phenoxy) is 1. The van der Waals surface area contributed by atoms with Gasteiger partial charge in [0, 0.05) is 5.57 Å².